The van der Waals surface area contributed by atoms with Gasteiger partial charge in [0, 0.05) is 30.6 Å². The summed E-state index contributed by atoms with van der Waals surface area (Å²) < 4.78 is 0. The van der Waals surface area contributed by atoms with Crippen LogP contribution < -0.4 is 5.32 Å². The van der Waals surface area contributed by atoms with Gasteiger partial charge in [-0.25, -0.2) is 0 Å². The summed E-state index contributed by atoms with van der Waals surface area (Å²) in [5, 5.41) is 16.2. The molecule has 0 saturated carbocycles. The molecule has 0 amide bonds. The predicted octanol–water partition coefficient (Wildman–Crippen LogP) is 3.29. The number of rotatable bonds is 5. The van der Waals surface area contributed by atoms with E-state index in [1.54, 1.807) is 11.3 Å². The molecule has 0 radical (unpaired) electrons. The fourth-order valence-electron chi connectivity index (χ4n) is 2.21. The lowest BCUT2D eigenvalue weighted by Crippen LogP contribution is -2.24. The summed E-state index contributed by atoms with van der Waals surface area (Å²) in [7, 11) is 0. The van der Waals surface area contributed by atoms with Crippen molar-refractivity contribution in [3.63, 3.8) is 0 Å². The lowest BCUT2D eigenvalue weighted by Gasteiger charge is -2.05. The molecule has 0 fully saturated rings. The van der Waals surface area contributed by atoms with Gasteiger partial charge in [-0.15, -0.1) is 10.2 Å². The van der Waals surface area contributed by atoms with Gasteiger partial charge in [0.05, 0.1) is 0 Å². The quantitative estimate of drug-likeness (QED) is 0.785. The molecule has 2 heterocycles. The van der Waals surface area contributed by atoms with E-state index in [9.17, 15) is 0 Å². The van der Waals surface area contributed by atoms with Crippen molar-refractivity contribution >= 4 is 22.1 Å². The molecule has 21 heavy (non-hydrogen) atoms. The van der Waals surface area contributed by atoms with Crippen molar-refractivity contribution in [2.75, 3.05) is 6.54 Å². The van der Waals surface area contributed by atoms with E-state index in [1.165, 1.54) is 5.39 Å². The second-order valence-electron chi connectivity index (χ2n) is 5.24. The van der Waals surface area contributed by atoms with Gasteiger partial charge in [-0.3, -0.25) is 4.98 Å². The topological polar surface area (TPSA) is 50.7 Å². The van der Waals surface area contributed by atoms with Crippen LogP contribution in [-0.4, -0.2) is 27.8 Å². The number of fused-ring (bicyclic) bond motifs is 1. The van der Waals surface area contributed by atoms with Crippen LogP contribution in [0.3, 0.4) is 0 Å². The Hall–Kier alpha value is -1.85. The van der Waals surface area contributed by atoms with Crippen molar-refractivity contribution < 1.29 is 0 Å². The molecule has 5 heteroatoms. The van der Waals surface area contributed by atoms with E-state index in [0.717, 1.165) is 34.1 Å². The zero-order chi connectivity index (χ0) is 14.7. The Labute approximate surface area is 128 Å². The van der Waals surface area contributed by atoms with Crippen LogP contribution in [0, 0.1) is 0 Å². The first kappa shape index (κ1) is 14.1. The van der Waals surface area contributed by atoms with E-state index in [4.69, 9.17) is 0 Å². The lowest BCUT2D eigenvalue weighted by atomic mass is 10.1. The highest BCUT2D eigenvalue weighted by Gasteiger charge is 2.11. The molecule has 0 bridgehead atoms. The molecule has 0 unspecified atom stereocenters. The average Bonchev–Trinajstić information content (AvgIpc) is 2.95. The van der Waals surface area contributed by atoms with Gasteiger partial charge in [-0.2, -0.15) is 0 Å². The van der Waals surface area contributed by atoms with E-state index < -0.39 is 0 Å². The van der Waals surface area contributed by atoms with Crippen molar-refractivity contribution in [3.05, 3.63) is 41.5 Å². The fourth-order valence-corrected chi connectivity index (χ4v) is 3.06. The minimum Gasteiger partial charge on any atom is -0.314 e. The largest absolute Gasteiger partial charge is 0.314 e. The second-order valence-corrected chi connectivity index (χ2v) is 6.30. The van der Waals surface area contributed by atoms with Crippen molar-refractivity contribution in [3.8, 4) is 10.7 Å². The molecule has 0 atom stereocenters. The lowest BCUT2D eigenvalue weighted by molar-refractivity contribution is 0.588. The summed E-state index contributed by atoms with van der Waals surface area (Å²) in [4.78, 5) is 4.49. The zero-order valence-corrected chi connectivity index (χ0v) is 13.0. The first-order valence-electron chi connectivity index (χ1n) is 7.14. The Morgan fingerprint density at radius 3 is 2.86 bits per heavy atom. The maximum atomic E-state index is 4.49. The number of hydrogen-bond acceptors (Lipinski definition) is 5. The summed E-state index contributed by atoms with van der Waals surface area (Å²) in [6.07, 6.45) is 2.74. The molecule has 0 aliphatic rings. The summed E-state index contributed by atoms with van der Waals surface area (Å²) in [5.41, 5.74) is 0.925. The van der Waals surface area contributed by atoms with E-state index in [-0.39, 0.29) is 0 Å². The van der Waals surface area contributed by atoms with Gasteiger partial charge in [0.2, 0.25) is 0 Å². The molecule has 3 aromatic rings. The minimum atomic E-state index is 0.497. The molecule has 0 aliphatic heterocycles. The van der Waals surface area contributed by atoms with Gasteiger partial charge >= 0.3 is 0 Å². The fraction of sp³-hybridized carbons (Fsp3) is 0.312. The molecule has 0 spiro atoms. The maximum Gasteiger partial charge on any atom is 0.166 e. The normalized spacial score (nSPS) is 11.4. The van der Waals surface area contributed by atoms with Crippen molar-refractivity contribution in [1.82, 2.24) is 20.5 Å². The number of pyridine rings is 1. The molecule has 108 valence electrons. The summed E-state index contributed by atoms with van der Waals surface area (Å²) in [6, 6.07) is 10.8. The van der Waals surface area contributed by atoms with Gasteiger partial charge < -0.3 is 5.32 Å². The van der Waals surface area contributed by atoms with Crippen LogP contribution in [0.4, 0.5) is 0 Å². The third-order valence-electron chi connectivity index (χ3n) is 3.23. The van der Waals surface area contributed by atoms with Crippen LogP contribution in [-0.2, 0) is 6.42 Å². The monoisotopic (exact) mass is 298 g/mol. The zero-order valence-electron chi connectivity index (χ0n) is 12.2. The SMILES string of the molecule is CC(C)NCCc1nnc(-c2nccc3ccccc23)s1. The van der Waals surface area contributed by atoms with E-state index >= 15 is 0 Å². The van der Waals surface area contributed by atoms with Crippen molar-refractivity contribution in [2.45, 2.75) is 26.3 Å². The third-order valence-corrected chi connectivity index (χ3v) is 4.22. The summed E-state index contributed by atoms with van der Waals surface area (Å²) in [6.45, 7) is 5.21. The molecule has 2 aromatic heterocycles. The molecule has 0 saturated heterocycles. The van der Waals surface area contributed by atoms with Crippen LogP contribution >= 0.6 is 11.3 Å². The Bertz CT molecular complexity index is 730. The molecular weight excluding hydrogens is 280 g/mol. The van der Waals surface area contributed by atoms with Crippen LogP contribution in [0.25, 0.3) is 21.5 Å². The molecule has 4 nitrogen and oxygen atoms in total. The Balaban J connectivity index is 1.85. The van der Waals surface area contributed by atoms with Crippen molar-refractivity contribution in [2.24, 2.45) is 0 Å². The van der Waals surface area contributed by atoms with E-state index in [0.29, 0.717) is 6.04 Å². The van der Waals surface area contributed by atoms with E-state index in [2.05, 4.69) is 46.5 Å². The average molecular weight is 298 g/mol. The highest BCUT2D eigenvalue weighted by atomic mass is 32.1. The first-order chi connectivity index (χ1) is 10.2. The molecular formula is C16H18N4S. The van der Waals surface area contributed by atoms with Crippen molar-refractivity contribution in [1.29, 1.82) is 0 Å². The molecule has 1 aromatic carbocycles. The summed E-state index contributed by atoms with van der Waals surface area (Å²) >= 11 is 1.63. The highest BCUT2D eigenvalue weighted by molar-refractivity contribution is 7.14. The highest BCUT2D eigenvalue weighted by Crippen LogP contribution is 2.28. The van der Waals surface area contributed by atoms with Crippen LogP contribution in [0.5, 0.6) is 0 Å². The maximum absolute atomic E-state index is 4.49. The van der Waals surface area contributed by atoms with Crippen LogP contribution in [0.1, 0.15) is 18.9 Å². The van der Waals surface area contributed by atoms with Gasteiger partial charge in [0.1, 0.15) is 10.7 Å². The van der Waals surface area contributed by atoms with Gasteiger partial charge in [-0.1, -0.05) is 49.4 Å². The number of nitrogens with zero attached hydrogens (tertiary/aromatic N) is 3. The standard InChI is InChI=1S/C16H18N4S/c1-11(2)17-10-8-14-19-20-16(21-14)15-13-6-4-3-5-12(13)7-9-18-15/h3-7,9,11,17H,8,10H2,1-2H3. The van der Waals surface area contributed by atoms with Crippen LogP contribution in [0.2, 0.25) is 0 Å². The Kier molecular flexibility index (Phi) is 4.22. The first-order valence-corrected chi connectivity index (χ1v) is 7.95. The number of aromatic nitrogens is 3. The summed E-state index contributed by atoms with van der Waals surface area (Å²) in [5.74, 6) is 0. The minimum absolute atomic E-state index is 0.497. The third kappa shape index (κ3) is 3.25. The number of nitrogens with one attached hydrogen (secondary N) is 1. The van der Waals surface area contributed by atoms with Gasteiger partial charge in [-0.05, 0) is 11.5 Å². The second kappa shape index (κ2) is 6.28. The molecule has 3 rings (SSSR count). The van der Waals surface area contributed by atoms with E-state index in [1.807, 2.05) is 24.4 Å². The predicted molar refractivity (Wildman–Crippen MR) is 87.5 cm³/mol. The van der Waals surface area contributed by atoms with Crippen LogP contribution in [0.15, 0.2) is 36.5 Å². The van der Waals surface area contributed by atoms with Gasteiger partial charge in [0.15, 0.2) is 5.01 Å². The molecule has 0 aliphatic carbocycles. The number of hydrogen-bond donors (Lipinski definition) is 1. The number of benzene rings is 1. The molecule has 1 N–H and O–H groups in total. The Morgan fingerprint density at radius 1 is 1.14 bits per heavy atom. The van der Waals surface area contributed by atoms with Gasteiger partial charge in [0.25, 0.3) is 0 Å². The Morgan fingerprint density at radius 2 is 2.00 bits per heavy atom. The smallest absolute Gasteiger partial charge is 0.166 e.